The van der Waals surface area contributed by atoms with Gasteiger partial charge in [-0.15, -0.1) is 5.10 Å². The van der Waals surface area contributed by atoms with Gasteiger partial charge in [0.1, 0.15) is 5.69 Å². The molecule has 0 atom stereocenters. The summed E-state index contributed by atoms with van der Waals surface area (Å²) < 4.78 is 1.53. The SMILES string of the molecule is Cc1cc(N)ccc1-c1nnnn1-c1c(Cl)cccc1Cl. The fourth-order valence-corrected chi connectivity index (χ4v) is 2.69. The number of aryl methyl sites for hydroxylation is 1. The molecule has 21 heavy (non-hydrogen) atoms. The summed E-state index contributed by atoms with van der Waals surface area (Å²) in [6, 6.07) is 10.8. The topological polar surface area (TPSA) is 69.6 Å². The predicted octanol–water partition coefficient (Wildman–Crippen LogP) is 3.53. The van der Waals surface area contributed by atoms with E-state index in [1.54, 1.807) is 24.3 Å². The minimum atomic E-state index is 0.476. The molecule has 3 rings (SSSR count). The summed E-state index contributed by atoms with van der Waals surface area (Å²) in [4.78, 5) is 0. The standard InChI is InChI=1S/C14H11Cl2N5/c1-8-7-9(17)5-6-10(8)14-18-19-20-21(14)13-11(15)3-2-4-12(13)16/h2-7H,17H2,1H3. The van der Waals surface area contributed by atoms with Crippen LogP contribution in [0.2, 0.25) is 10.0 Å². The summed E-state index contributed by atoms with van der Waals surface area (Å²) in [5.41, 5.74) is 8.85. The third-order valence-electron chi connectivity index (χ3n) is 3.11. The maximum Gasteiger partial charge on any atom is 0.187 e. The Hall–Kier alpha value is -2.11. The van der Waals surface area contributed by atoms with E-state index in [1.165, 1.54) is 4.68 Å². The molecular weight excluding hydrogens is 309 g/mol. The van der Waals surface area contributed by atoms with Gasteiger partial charge in [-0.05, 0) is 53.2 Å². The molecule has 106 valence electrons. The van der Waals surface area contributed by atoms with Crippen LogP contribution in [0.5, 0.6) is 0 Å². The van der Waals surface area contributed by atoms with E-state index >= 15 is 0 Å². The molecule has 0 amide bonds. The molecule has 0 fully saturated rings. The molecule has 3 aromatic rings. The van der Waals surface area contributed by atoms with Gasteiger partial charge < -0.3 is 5.73 Å². The van der Waals surface area contributed by atoms with Gasteiger partial charge in [0.25, 0.3) is 0 Å². The molecule has 2 aromatic carbocycles. The normalized spacial score (nSPS) is 10.8. The first-order valence-electron chi connectivity index (χ1n) is 6.17. The molecule has 7 heteroatoms. The fraction of sp³-hybridized carbons (Fsp3) is 0.0714. The number of nitrogens with zero attached hydrogens (tertiary/aromatic N) is 4. The molecule has 0 bridgehead atoms. The van der Waals surface area contributed by atoms with Crippen LogP contribution < -0.4 is 5.73 Å². The number of aromatic nitrogens is 4. The van der Waals surface area contributed by atoms with Gasteiger partial charge >= 0.3 is 0 Å². The van der Waals surface area contributed by atoms with Gasteiger partial charge in [-0.25, -0.2) is 0 Å². The van der Waals surface area contributed by atoms with Crippen molar-refractivity contribution in [3.63, 3.8) is 0 Å². The molecule has 0 unspecified atom stereocenters. The van der Waals surface area contributed by atoms with Gasteiger partial charge in [-0.2, -0.15) is 4.68 Å². The van der Waals surface area contributed by atoms with E-state index in [0.717, 1.165) is 11.1 Å². The van der Waals surface area contributed by atoms with Crippen LogP contribution in [0, 0.1) is 6.92 Å². The van der Waals surface area contributed by atoms with E-state index in [9.17, 15) is 0 Å². The van der Waals surface area contributed by atoms with Crippen molar-refractivity contribution >= 4 is 28.9 Å². The zero-order valence-corrected chi connectivity index (χ0v) is 12.6. The quantitative estimate of drug-likeness (QED) is 0.733. The summed E-state index contributed by atoms with van der Waals surface area (Å²) in [6.07, 6.45) is 0. The van der Waals surface area contributed by atoms with Crippen LogP contribution in [-0.4, -0.2) is 20.2 Å². The lowest BCUT2D eigenvalue weighted by molar-refractivity contribution is 0.791. The van der Waals surface area contributed by atoms with Crippen LogP contribution in [-0.2, 0) is 0 Å². The number of nitrogens with two attached hydrogens (primary N) is 1. The van der Waals surface area contributed by atoms with E-state index < -0.39 is 0 Å². The summed E-state index contributed by atoms with van der Waals surface area (Å²) in [7, 11) is 0. The van der Waals surface area contributed by atoms with Gasteiger partial charge in [-0.3, -0.25) is 0 Å². The van der Waals surface area contributed by atoms with Gasteiger partial charge in [0.05, 0.1) is 10.0 Å². The number of anilines is 1. The minimum Gasteiger partial charge on any atom is -0.399 e. The number of tetrazole rings is 1. The number of hydrogen-bond donors (Lipinski definition) is 1. The van der Waals surface area contributed by atoms with E-state index in [-0.39, 0.29) is 0 Å². The van der Waals surface area contributed by atoms with Crippen molar-refractivity contribution in [3.8, 4) is 17.1 Å². The molecule has 0 radical (unpaired) electrons. The minimum absolute atomic E-state index is 0.476. The van der Waals surface area contributed by atoms with Crippen molar-refractivity contribution in [1.29, 1.82) is 0 Å². The van der Waals surface area contributed by atoms with Crippen molar-refractivity contribution in [1.82, 2.24) is 20.2 Å². The third-order valence-corrected chi connectivity index (χ3v) is 3.72. The molecule has 5 nitrogen and oxygen atoms in total. The van der Waals surface area contributed by atoms with Crippen molar-refractivity contribution in [2.75, 3.05) is 5.73 Å². The van der Waals surface area contributed by atoms with E-state index in [2.05, 4.69) is 15.5 Å². The molecule has 2 N–H and O–H groups in total. The lowest BCUT2D eigenvalue weighted by Crippen LogP contribution is -2.02. The van der Waals surface area contributed by atoms with E-state index in [4.69, 9.17) is 28.9 Å². The molecule has 0 aliphatic carbocycles. The zero-order chi connectivity index (χ0) is 15.0. The number of hydrogen-bond acceptors (Lipinski definition) is 4. The van der Waals surface area contributed by atoms with E-state index in [1.807, 2.05) is 19.1 Å². The smallest absolute Gasteiger partial charge is 0.187 e. The first-order chi connectivity index (χ1) is 10.1. The summed E-state index contributed by atoms with van der Waals surface area (Å²) in [5, 5.41) is 12.8. The van der Waals surface area contributed by atoms with Crippen molar-refractivity contribution < 1.29 is 0 Å². The molecule has 0 saturated heterocycles. The monoisotopic (exact) mass is 319 g/mol. The van der Waals surface area contributed by atoms with Crippen LogP contribution in [0.1, 0.15) is 5.56 Å². The van der Waals surface area contributed by atoms with Crippen molar-refractivity contribution in [3.05, 3.63) is 52.0 Å². The Morgan fingerprint density at radius 3 is 2.48 bits per heavy atom. The number of nitrogen functional groups attached to an aromatic ring is 1. The second kappa shape index (κ2) is 5.35. The average molecular weight is 320 g/mol. The van der Waals surface area contributed by atoms with Gasteiger partial charge in [0.2, 0.25) is 0 Å². The second-order valence-electron chi connectivity index (χ2n) is 4.56. The highest BCUT2D eigenvalue weighted by atomic mass is 35.5. The highest BCUT2D eigenvalue weighted by molar-refractivity contribution is 6.37. The second-order valence-corrected chi connectivity index (χ2v) is 5.37. The lowest BCUT2D eigenvalue weighted by atomic mass is 10.1. The van der Waals surface area contributed by atoms with Crippen LogP contribution in [0.4, 0.5) is 5.69 Å². The Balaban J connectivity index is 2.22. The number of para-hydroxylation sites is 1. The predicted molar refractivity (Wildman–Crippen MR) is 83.8 cm³/mol. The first-order valence-corrected chi connectivity index (χ1v) is 6.93. The Morgan fingerprint density at radius 1 is 1.10 bits per heavy atom. The molecule has 0 spiro atoms. The highest BCUT2D eigenvalue weighted by Gasteiger charge is 2.17. The van der Waals surface area contributed by atoms with Gasteiger partial charge in [-0.1, -0.05) is 29.3 Å². The Bertz CT molecular complexity index is 793. The number of halogens is 2. The lowest BCUT2D eigenvalue weighted by Gasteiger charge is -2.10. The molecule has 0 aliphatic rings. The summed E-state index contributed by atoms with van der Waals surface area (Å²) in [6.45, 7) is 1.94. The van der Waals surface area contributed by atoms with Gasteiger partial charge in [0.15, 0.2) is 5.82 Å². The fourth-order valence-electron chi connectivity index (χ4n) is 2.13. The summed E-state index contributed by atoms with van der Waals surface area (Å²) >= 11 is 12.4. The van der Waals surface area contributed by atoms with Crippen LogP contribution in [0.15, 0.2) is 36.4 Å². The van der Waals surface area contributed by atoms with Crippen LogP contribution in [0.3, 0.4) is 0 Å². The Morgan fingerprint density at radius 2 is 1.81 bits per heavy atom. The zero-order valence-electron chi connectivity index (χ0n) is 11.1. The molecular formula is C14H11Cl2N5. The highest BCUT2D eigenvalue weighted by Crippen LogP contribution is 2.31. The Labute approximate surface area is 131 Å². The summed E-state index contributed by atoms with van der Waals surface area (Å²) in [5.74, 6) is 0.558. The van der Waals surface area contributed by atoms with E-state index in [0.29, 0.717) is 27.2 Å². The largest absolute Gasteiger partial charge is 0.399 e. The first kappa shape index (κ1) is 13.9. The maximum atomic E-state index is 6.22. The van der Waals surface area contributed by atoms with Crippen LogP contribution >= 0.6 is 23.2 Å². The van der Waals surface area contributed by atoms with Gasteiger partial charge in [0, 0.05) is 11.3 Å². The maximum absolute atomic E-state index is 6.22. The van der Waals surface area contributed by atoms with Crippen LogP contribution in [0.25, 0.3) is 17.1 Å². The number of benzene rings is 2. The molecule has 0 saturated carbocycles. The third kappa shape index (κ3) is 2.46. The molecule has 0 aliphatic heterocycles. The van der Waals surface area contributed by atoms with Crippen molar-refractivity contribution in [2.45, 2.75) is 6.92 Å². The van der Waals surface area contributed by atoms with Crippen molar-refractivity contribution in [2.24, 2.45) is 0 Å². The molecule has 1 aromatic heterocycles. The Kier molecular flexibility index (Phi) is 3.53. The number of rotatable bonds is 2. The average Bonchev–Trinajstić information content (AvgIpc) is 2.87. The molecule has 1 heterocycles.